The number of anilines is 2. The number of carboxylic acid groups (broad SMARTS) is 1. The number of aryl methyl sites for hydroxylation is 1. The Morgan fingerprint density at radius 1 is 1.09 bits per heavy atom. The van der Waals surface area contributed by atoms with E-state index in [1.54, 1.807) is 0 Å². The summed E-state index contributed by atoms with van der Waals surface area (Å²) in [6.45, 7) is 4.53. The molecule has 4 rings (SSSR count). The van der Waals surface area contributed by atoms with Crippen LogP contribution in [-0.2, 0) is 10.0 Å². The summed E-state index contributed by atoms with van der Waals surface area (Å²) in [5.41, 5.74) is 3.91. The number of hydrogen-bond acceptors (Lipinski definition) is 6. The highest BCUT2D eigenvalue weighted by Gasteiger charge is 2.23. The van der Waals surface area contributed by atoms with Crippen LogP contribution >= 0.6 is 0 Å². The van der Waals surface area contributed by atoms with Gasteiger partial charge in [-0.3, -0.25) is 9.52 Å². The fourth-order valence-electron chi connectivity index (χ4n) is 4.04. The van der Waals surface area contributed by atoms with Crippen molar-refractivity contribution in [2.24, 2.45) is 0 Å². The second-order valence-electron chi connectivity index (χ2n) is 8.33. The maximum absolute atomic E-state index is 12.8. The smallest absolute Gasteiger partial charge is 0.339 e. The standard InChI is InChI=1S/C26H25N3O5S/c1-17-5-3-4-6-23(17)20-11-13-29(14-12-20)25-24(26(31)32)15-21(16-27-25)28-35(33,34)22-9-7-19(8-10-22)18(2)30/h3-11,15-16,28H,12-14H2,1-2H3,(H,31,32). The van der Waals surface area contributed by atoms with E-state index < -0.39 is 16.0 Å². The quantitative estimate of drug-likeness (QED) is 0.471. The third-order valence-corrected chi connectivity index (χ3v) is 7.32. The van der Waals surface area contributed by atoms with Crippen molar-refractivity contribution in [3.8, 4) is 0 Å². The Bertz CT molecular complexity index is 1430. The van der Waals surface area contributed by atoms with Crippen LogP contribution in [-0.4, -0.2) is 43.4 Å². The summed E-state index contributed by atoms with van der Waals surface area (Å²) in [7, 11) is -4.00. The molecule has 180 valence electrons. The average Bonchev–Trinajstić information content (AvgIpc) is 2.84. The molecule has 0 aliphatic carbocycles. The number of Topliss-reactive ketones (excluding diaryl/α,β-unsaturated/α-hetero) is 1. The van der Waals surface area contributed by atoms with Crippen LogP contribution in [0.3, 0.4) is 0 Å². The minimum Gasteiger partial charge on any atom is -0.478 e. The van der Waals surface area contributed by atoms with E-state index in [1.807, 2.05) is 17.0 Å². The van der Waals surface area contributed by atoms with E-state index >= 15 is 0 Å². The fraction of sp³-hybridized carbons (Fsp3) is 0.192. The van der Waals surface area contributed by atoms with Gasteiger partial charge in [0.25, 0.3) is 10.0 Å². The molecular formula is C26H25N3O5S. The first kappa shape index (κ1) is 24.2. The molecule has 0 atom stereocenters. The molecule has 2 heterocycles. The van der Waals surface area contributed by atoms with E-state index in [0.717, 1.165) is 6.42 Å². The molecule has 3 aromatic rings. The molecule has 0 amide bonds. The second-order valence-corrected chi connectivity index (χ2v) is 10.0. The van der Waals surface area contributed by atoms with Gasteiger partial charge < -0.3 is 10.0 Å². The van der Waals surface area contributed by atoms with Crippen molar-refractivity contribution in [2.45, 2.75) is 25.2 Å². The van der Waals surface area contributed by atoms with Crippen molar-refractivity contribution in [1.29, 1.82) is 0 Å². The molecule has 0 saturated carbocycles. The van der Waals surface area contributed by atoms with E-state index in [1.165, 1.54) is 60.2 Å². The van der Waals surface area contributed by atoms with Gasteiger partial charge in [-0.25, -0.2) is 18.2 Å². The lowest BCUT2D eigenvalue weighted by molar-refractivity contribution is 0.0697. The van der Waals surface area contributed by atoms with Gasteiger partial charge in [0.15, 0.2) is 5.78 Å². The summed E-state index contributed by atoms with van der Waals surface area (Å²) in [6, 6.07) is 14.9. The Morgan fingerprint density at radius 3 is 2.40 bits per heavy atom. The SMILES string of the molecule is CC(=O)c1ccc(S(=O)(=O)Nc2cnc(N3CC=C(c4ccccc4C)CC3)c(C(=O)O)c2)cc1. The Hall–Kier alpha value is -3.98. The molecule has 2 aromatic carbocycles. The van der Waals surface area contributed by atoms with E-state index in [2.05, 4.69) is 34.8 Å². The average molecular weight is 492 g/mol. The van der Waals surface area contributed by atoms with Gasteiger partial charge >= 0.3 is 5.97 Å². The first-order chi connectivity index (χ1) is 16.7. The maximum atomic E-state index is 12.8. The van der Waals surface area contributed by atoms with E-state index in [0.29, 0.717) is 18.7 Å². The van der Waals surface area contributed by atoms with Crippen LogP contribution in [0, 0.1) is 6.92 Å². The Labute approximate surface area is 204 Å². The molecule has 1 aromatic heterocycles. The van der Waals surface area contributed by atoms with Gasteiger partial charge in [-0.15, -0.1) is 0 Å². The van der Waals surface area contributed by atoms with Crippen LogP contribution in [0.4, 0.5) is 11.5 Å². The number of nitrogens with one attached hydrogen (secondary N) is 1. The van der Waals surface area contributed by atoms with Crippen LogP contribution in [0.15, 0.2) is 71.8 Å². The molecule has 35 heavy (non-hydrogen) atoms. The largest absolute Gasteiger partial charge is 0.478 e. The minimum absolute atomic E-state index is 0.0370. The molecule has 0 spiro atoms. The number of ketones is 1. The van der Waals surface area contributed by atoms with E-state index in [4.69, 9.17) is 0 Å². The molecule has 9 heteroatoms. The minimum atomic E-state index is -4.00. The van der Waals surface area contributed by atoms with Gasteiger partial charge in [0, 0.05) is 18.7 Å². The Balaban J connectivity index is 1.56. The van der Waals surface area contributed by atoms with Gasteiger partial charge in [-0.1, -0.05) is 42.5 Å². The highest BCUT2D eigenvalue weighted by Crippen LogP contribution is 2.29. The van der Waals surface area contributed by atoms with E-state index in [9.17, 15) is 23.1 Å². The third-order valence-electron chi connectivity index (χ3n) is 5.92. The first-order valence-corrected chi connectivity index (χ1v) is 12.5. The number of hydrogen-bond donors (Lipinski definition) is 2. The lowest BCUT2D eigenvalue weighted by atomic mass is 9.95. The zero-order valence-corrected chi connectivity index (χ0v) is 20.2. The molecule has 2 N–H and O–H groups in total. The van der Waals surface area contributed by atoms with Crippen LogP contribution in [0.1, 0.15) is 45.2 Å². The molecule has 0 saturated heterocycles. The van der Waals surface area contributed by atoms with Gasteiger partial charge in [0.05, 0.1) is 16.8 Å². The van der Waals surface area contributed by atoms with Crippen LogP contribution in [0.2, 0.25) is 0 Å². The number of pyridine rings is 1. The molecule has 0 radical (unpaired) electrons. The van der Waals surface area contributed by atoms with Gasteiger partial charge in [-0.2, -0.15) is 0 Å². The number of carboxylic acids is 1. The lowest BCUT2D eigenvalue weighted by Gasteiger charge is -2.29. The van der Waals surface area contributed by atoms with Crippen molar-refractivity contribution >= 4 is 38.9 Å². The third kappa shape index (κ3) is 5.25. The topological polar surface area (TPSA) is 117 Å². The van der Waals surface area contributed by atoms with Crippen molar-refractivity contribution in [3.63, 3.8) is 0 Å². The number of aromatic carboxylic acids is 1. The van der Waals surface area contributed by atoms with Gasteiger partial charge in [0.1, 0.15) is 11.4 Å². The molecule has 0 bridgehead atoms. The number of benzene rings is 2. The van der Waals surface area contributed by atoms with Crippen molar-refractivity contribution in [3.05, 3.63) is 89.1 Å². The van der Waals surface area contributed by atoms with Crippen LogP contribution in [0.5, 0.6) is 0 Å². The molecule has 1 aliphatic rings. The van der Waals surface area contributed by atoms with Crippen molar-refractivity contribution in [2.75, 3.05) is 22.7 Å². The molecule has 0 unspecified atom stereocenters. The lowest BCUT2D eigenvalue weighted by Crippen LogP contribution is -2.31. The normalized spacial score (nSPS) is 13.8. The predicted octanol–water partition coefficient (Wildman–Crippen LogP) is 4.39. The monoisotopic (exact) mass is 491 g/mol. The second kappa shape index (κ2) is 9.71. The number of nitrogens with zero attached hydrogens (tertiary/aromatic N) is 2. The summed E-state index contributed by atoms with van der Waals surface area (Å²) in [5.74, 6) is -1.09. The summed E-state index contributed by atoms with van der Waals surface area (Å²) in [5, 5.41) is 9.79. The van der Waals surface area contributed by atoms with Crippen molar-refractivity contribution < 1.29 is 23.1 Å². The molecule has 8 nitrogen and oxygen atoms in total. The molecule has 1 aliphatic heterocycles. The zero-order chi connectivity index (χ0) is 25.2. The summed E-state index contributed by atoms with van der Waals surface area (Å²) in [4.78, 5) is 29.5. The number of rotatable bonds is 7. The van der Waals surface area contributed by atoms with Crippen LogP contribution < -0.4 is 9.62 Å². The Kier molecular flexibility index (Phi) is 6.70. The Morgan fingerprint density at radius 2 is 1.80 bits per heavy atom. The summed E-state index contributed by atoms with van der Waals surface area (Å²) < 4.78 is 27.9. The number of sulfonamides is 1. The van der Waals surface area contributed by atoms with Gasteiger partial charge in [0.2, 0.25) is 0 Å². The zero-order valence-electron chi connectivity index (χ0n) is 19.4. The molecular weight excluding hydrogens is 466 g/mol. The van der Waals surface area contributed by atoms with E-state index in [-0.39, 0.29) is 27.7 Å². The summed E-state index contributed by atoms with van der Waals surface area (Å²) in [6.07, 6.45) is 4.11. The number of aromatic nitrogens is 1. The number of carbonyl (C=O) groups is 2. The van der Waals surface area contributed by atoms with Crippen LogP contribution in [0.25, 0.3) is 5.57 Å². The highest BCUT2D eigenvalue weighted by molar-refractivity contribution is 7.92. The summed E-state index contributed by atoms with van der Waals surface area (Å²) >= 11 is 0. The first-order valence-electron chi connectivity index (χ1n) is 11.0. The predicted molar refractivity (Wildman–Crippen MR) is 134 cm³/mol. The fourth-order valence-corrected chi connectivity index (χ4v) is 5.08. The maximum Gasteiger partial charge on any atom is 0.339 e. The molecule has 0 fully saturated rings. The van der Waals surface area contributed by atoms with Gasteiger partial charge in [-0.05, 0) is 55.2 Å². The van der Waals surface area contributed by atoms with Crippen molar-refractivity contribution in [1.82, 2.24) is 4.98 Å². The number of carbonyl (C=O) groups excluding carboxylic acids is 1. The highest BCUT2D eigenvalue weighted by atomic mass is 32.2.